The molecule has 1 aliphatic rings. The first kappa shape index (κ1) is 16.2. The molecule has 26 heavy (non-hydrogen) atoms. The van der Waals surface area contributed by atoms with Crippen molar-refractivity contribution in [1.29, 1.82) is 0 Å². The number of benzene rings is 3. The molecule has 0 radical (unpaired) electrons. The van der Waals surface area contributed by atoms with Crippen LogP contribution in [0, 0.1) is 6.92 Å². The number of Topliss-reactive ketones (excluding diaryl/α,β-unsaturated/α-hetero) is 1. The number of carbonyl (C=O) groups excluding carboxylic acids is 1. The largest absolute Gasteiger partial charge is 0.489 e. The van der Waals surface area contributed by atoms with E-state index in [-0.39, 0.29) is 5.78 Å². The van der Waals surface area contributed by atoms with Gasteiger partial charge >= 0.3 is 0 Å². The Morgan fingerprint density at radius 1 is 0.962 bits per heavy atom. The number of rotatable bonds is 4. The zero-order valence-electron chi connectivity index (χ0n) is 14.4. The van der Waals surface area contributed by atoms with Crippen LogP contribution >= 0.6 is 0 Å². The quantitative estimate of drug-likeness (QED) is 0.612. The Balaban J connectivity index is 1.53. The summed E-state index contributed by atoms with van der Waals surface area (Å²) in [7, 11) is 0. The Labute approximate surface area is 152 Å². The number of ether oxygens (including phenoxy) is 2. The minimum atomic E-state index is -0.102. The van der Waals surface area contributed by atoms with Gasteiger partial charge in [0.1, 0.15) is 18.1 Å². The minimum Gasteiger partial charge on any atom is -0.489 e. The van der Waals surface area contributed by atoms with E-state index < -0.39 is 0 Å². The average molecular weight is 342 g/mol. The third kappa shape index (κ3) is 3.24. The Bertz CT molecular complexity index is 987. The van der Waals surface area contributed by atoms with Crippen molar-refractivity contribution in [3.63, 3.8) is 0 Å². The van der Waals surface area contributed by atoms with Crippen molar-refractivity contribution < 1.29 is 14.3 Å². The Kier molecular flexibility index (Phi) is 4.28. The first-order valence-corrected chi connectivity index (χ1v) is 8.51. The summed E-state index contributed by atoms with van der Waals surface area (Å²) in [5.74, 6) is 1.46. The molecule has 0 saturated heterocycles. The summed E-state index contributed by atoms with van der Waals surface area (Å²) in [4.78, 5) is 12.5. The number of hydrogen-bond donors (Lipinski definition) is 0. The van der Waals surface area contributed by atoms with Crippen molar-refractivity contribution in [2.75, 3.05) is 0 Å². The zero-order chi connectivity index (χ0) is 17.9. The zero-order valence-corrected chi connectivity index (χ0v) is 14.4. The summed E-state index contributed by atoms with van der Waals surface area (Å²) in [6, 6.07) is 23.1. The first-order valence-electron chi connectivity index (χ1n) is 8.51. The van der Waals surface area contributed by atoms with Gasteiger partial charge in [-0.2, -0.15) is 0 Å². The van der Waals surface area contributed by atoms with E-state index in [9.17, 15) is 4.79 Å². The molecule has 4 rings (SSSR count). The SMILES string of the molecule is Cc1ccccc1COc1ccc2c(c1)OC(=Cc1ccccc1)C2=O. The van der Waals surface area contributed by atoms with Gasteiger partial charge in [-0.3, -0.25) is 4.79 Å². The second kappa shape index (κ2) is 6.89. The summed E-state index contributed by atoms with van der Waals surface area (Å²) in [6.45, 7) is 2.54. The highest BCUT2D eigenvalue weighted by Crippen LogP contribution is 2.35. The standard InChI is InChI=1S/C23H18O3/c1-16-7-5-6-10-18(16)15-25-19-11-12-20-21(14-19)26-22(23(20)24)13-17-8-3-2-4-9-17/h2-14H,15H2,1H3. The molecule has 128 valence electrons. The van der Waals surface area contributed by atoms with Gasteiger partial charge < -0.3 is 9.47 Å². The smallest absolute Gasteiger partial charge is 0.231 e. The number of ketones is 1. The maximum absolute atomic E-state index is 12.5. The van der Waals surface area contributed by atoms with Crippen LogP contribution in [0.25, 0.3) is 6.08 Å². The fraction of sp³-hybridized carbons (Fsp3) is 0.0870. The number of carbonyl (C=O) groups is 1. The van der Waals surface area contributed by atoms with Crippen molar-refractivity contribution in [3.8, 4) is 11.5 Å². The van der Waals surface area contributed by atoms with Crippen molar-refractivity contribution in [2.24, 2.45) is 0 Å². The summed E-state index contributed by atoms with van der Waals surface area (Å²) >= 11 is 0. The summed E-state index contributed by atoms with van der Waals surface area (Å²) in [6.07, 6.45) is 1.76. The predicted octanol–water partition coefficient (Wildman–Crippen LogP) is 5.19. The normalized spacial score (nSPS) is 14.2. The summed E-state index contributed by atoms with van der Waals surface area (Å²) < 4.78 is 11.6. The fourth-order valence-electron chi connectivity index (χ4n) is 2.89. The summed E-state index contributed by atoms with van der Waals surface area (Å²) in [5, 5.41) is 0. The minimum absolute atomic E-state index is 0.102. The van der Waals surface area contributed by atoms with E-state index in [2.05, 4.69) is 13.0 Å². The lowest BCUT2D eigenvalue weighted by molar-refractivity contribution is 0.101. The lowest BCUT2D eigenvalue weighted by Crippen LogP contribution is -1.98. The molecular formula is C23H18O3. The Morgan fingerprint density at radius 2 is 1.73 bits per heavy atom. The average Bonchev–Trinajstić information content (AvgIpc) is 2.97. The molecule has 0 saturated carbocycles. The molecule has 0 fully saturated rings. The van der Waals surface area contributed by atoms with E-state index in [0.29, 0.717) is 29.4 Å². The second-order valence-electron chi connectivity index (χ2n) is 6.22. The molecule has 0 spiro atoms. The molecule has 0 atom stereocenters. The first-order chi connectivity index (χ1) is 12.7. The van der Waals surface area contributed by atoms with Gasteiger partial charge in [0.2, 0.25) is 5.78 Å². The second-order valence-corrected chi connectivity index (χ2v) is 6.22. The molecule has 0 bridgehead atoms. The molecule has 0 aromatic heterocycles. The number of hydrogen-bond acceptors (Lipinski definition) is 3. The monoisotopic (exact) mass is 342 g/mol. The fourth-order valence-corrected chi connectivity index (χ4v) is 2.89. The van der Waals surface area contributed by atoms with Gasteiger partial charge in [0.15, 0.2) is 5.76 Å². The maximum Gasteiger partial charge on any atom is 0.231 e. The van der Waals surface area contributed by atoms with Gasteiger partial charge in [-0.15, -0.1) is 0 Å². The maximum atomic E-state index is 12.5. The van der Waals surface area contributed by atoms with E-state index in [4.69, 9.17) is 9.47 Å². The molecule has 3 heteroatoms. The van der Waals surface area contributed by atoms with Crippen molar-refractivity contribution >= 4 is 11.9 Å². The predicted molar refractivity (Wildman–Crippen MR) is 101 cm³/mol. The van der Waals surface area contributed by atoms with Crippen LogP contribution in [-0.2, 0) is 6.61 Å². The molecule has 1 heterocycles. The van der Waals surface area contributed by atoms with Crippen molar-refractivity contribution in [1.82, 2.24) is 0 Å². The lowest BCUT2D eigenvalue weighted by Gasteiger charge is -2.09. The number of allylic oxidation sites excluding steroid dienone is 1. The van der Waals surface area contributed by atoms with Gasteiger partial charge in [-0.25, -0.2) is 0 Å². The molecular weight excluding hydrogens is 324 g/mol. The van der Waals surface area contributed by atoms with Gasteiger partial charge in [-0.1, -0.05) is 54.6 Å². The van der Waals surface area contributed by atoms with E-state index >= 15 is 0 Å². The molecule has 0 amide bonds. The highest BCUT2D eigenvalue weighted by molar-refractivity contribution is 6.14. The van der Waals surface area contributed by atoms with E-state index in [1.807, 2.05) is 54.6 Å². The topological polar surface area (TPSA) is 35.5 Å². The summed E-state index contributed by atoms with van der Waals surface area (Å²) in [5.41, 5.74) is 3.82. The Hall–Kier alpha value is -3.33. The lowest BCUT2D eigenvalue weighted by atomic mass is 10.1. The van der Waals surface area contributed by atoms with Crippen LogP contribution in [-0.4, -0.2) is 5.78 Å². The third-order valence-corrected chi connectivity index (χ3v) is 4.39. The molecule has 1 aliphatic heterocycles. The highest BCUT2D eigenvalue weighted by Gasteiger charge is 2.27. The molecule has 0 unspecified atom stereocenters. The van der Waals surface area contributed by atoms with Gasteiger partial charge in [0, 0.05) is 6.07 Å². The Morgan fingerprint density at radius 3 is 2.54 bits per heavy atom. The van der Waals surface area contributed by atoms with Crippen LogP contribution in [0.1, 0.15) is 27.0 Å². The van der Waals surface area contributed by atoms with Crippen LogP contribution in [0.3, 0.4) is 0 Å². The van der Waals surface area contributed by atoms with Gasteiger partial charge in [0.25, 0.3) is 0 Å². The molecule has 0 N–H and O–H groups in total. The molecule has 3 aromatic rings. The molecule has 0 aliphatic carbocycles. The third-order valence-electron chi connectivity index (χ3n) is 4.39. The van der Waals surface area contributed by atoms with E-state index in [0.717, 1.165) is 11.1 Å². The van der Waals surface area contributed by atoms with Gasteiger partial charge in [-0.05, 0) is 41.8 Å². The van der Waals surface area contributed by atoms with Crippen LogP contribution < -0.4 is 9.47 Å². The van der Waals surface area contributed by atoms with Crippen molar-refractivity contribution in [2.45, 2.75) is 13.5 Å². The molecule has 3 nitrogen and oxygen atoms in total. The number of aryl methyl sites for hydroxylation is 1. The van der Waals surface area contributed by atoms with Crippen LogP contribution in [0.4, 0.5) is 0 Å². The van der Waals surface area contributed by atoms with E-state index in [1.165, 1.54) is 5.56 Å². The van der Waals surface area contributed by atoms with Crippen LogP contribution in [0.15, 0.2) is 78.6 Å². The van der Waals surface area contributed by atoms with Crippen LogP contribution in [0.5, 0.6) is 11.5 Å². The van der Waals surface area contributed by atoms with Gasteiger partial charge in [0.05, 0.1) is 5.56 Å². The highest BCUT2D eigenvalue weighted by atomic mass is 16.5. The number of fused-ring (bicyclic) bond motifs is 1. The van der Waals surface area contributed by atoms with Crippen molar-refractivity contribution in [3.05, 3.63) is 101 Å². The molecule has 3 aromatic carbocycles. The van der Waals surface area contributed by atoms with E-state index in [1.54, 1.807) is 18.2 Å². The van der Waals surface area contributed by atoms with Crippen LogP contribution in [0.2, 0.25) is 0 Å².